The molecule has 0 aliphatic carbocycles. The number of nitrogens with one attached hydrogen (secondary N) is 1. The average molecular weight is 145 g/mol. The summed E-state index contributed by atoms with van der Waals surface area (Å²) in [6.45, 7) is 3.10. The van der Waals surface area contributed by atoms with Gasteiger partial charge in [-0.15, -0.1) is 0 Å². The van der Waals surface area contributed by atoms with Gasteiger partial charge in [0.1, 0.15) is 0 Å². The van der Waals surface area contributed by atoms with Gasteiger partial charge in [-0.3, -0.25) is 0 Å². The van der Waals surface area contributed by atoms with Crippen molar-refractivity contribution in [1.29, 1.82) is 0 Å². The van der Waals surface area contributed by atoms with Gasteiger partial charge in [0, 0.05) is 12.7 Å². The molecule has 1 nitrogen and oxygen atoms in total. The number of fused-ring (bicyclic) bond motifs is 1. The molecule has 0 saturated heterocycles. The highest BCUT2D eigenvalue weighted by molar-refractivity contribution is 5.40. The monoisotopic (exact) mass is 145 g/mol. The summed E-state index contributed by atoms with van der Waals surface area (Å²) in [5.74, 6) is 0. The number of hydrogen-bond donors (Lipinski definition) is 1. The number of aryl methyl sites for hydroxylation is 1. The standard InChI is InChI=1S/C10H11N/c1-8-3-2-4-9-7-11-6-5-10(8)9/h2-5,7,11H,6H2,1H3. The summed E-state index contributed by atoms with van der Waals surface area (Å²) in [4.78, 5) is 0. The lowest BCUT2D eigenvalue weighted by Crippen LogP contribution is -2.34. The molecule has 0 aromatic heterocycles. The van der Waals surface area contributed by atoms with E-state index >= 15 is 0 Å². The first kappa shape index (κ1) is 6.47. The van der Waals surface area contributed by atoms with Crippen molar-refractivity contribution in [1.82, 2.24) is 5.32 Å². The second kappa shape index (κ2) is 2.42. The van der Waals surface area contributed by atoms with E-state index < -0.39 is 0 Å². The fourth-order valence-electron chi connectivity index (χ4n) is 1.44. The van der Waals surface area contributed by atoms with Crippen LogP contribution in [0.2, 0.25) is 0 Å². The summed E-state index contributed by atoms with van der Waals surface area (Å²) >= 11 is 0. The predicted octanol–water partition coefficient (Wildman–Crippen LogP) is 0.117. The lowest BCUT2D eigenvalue weighted by Gasteiger charge is -2.03. The SMILES string of the molecule is Cc1cccc2c1=CCNC=2. The highest BCUT2D eigenvalue weighted by atomic mass is 14.8. The van der Waals surface area contributed by atoms with E-state index in [0.29, 0.717) is 0 Å². The van der Waals surface area contributed by atoms with Crippen LogP contribution < -0.4 is 15.8 Å². The summed E-state index contributed by atoms with van der Waals surface area (Å²) in [7, 11) is 0. The normalized spacial score (nSPS) is 13.9. The minimum absolute atomic E-state index is 0.956. The van der Waals surface area contributed by atoms with Crippen molar-refractivity contribution < 1.29 is 0 Å². The third-order valence-electron chi connectivity index (χ3n) is 2.04. The Morgan fingerprint density at radius 1 is 1.36 bits per heavy atom. The van der Waals surface area contributed by atoms with Gasteiger partial charge in [0.05, 0.1) is 0 Å². The molecule has 2 rings (SSSR count). The lowest BCUT2D eigenvalue weighted by molar-refractivity contribution is 1.05. The molecular weight excluding hydrogens is 134 g/mol. The van der Waals surface area contributed by atoms with E-state index in [9.17, 15) is 0 Å². The van der Waals surface area contributed by atoms with E-state index in [2.05, 4.69) is 42.7 Å². The molecule has 1 heterocycles. The van der Waals surface area contributed by atoms with E-state index in [1.165, 1.54) is 16.0 Å². The maximum atomic E-state index is 3.19. The van der Waals surface area contributed by atoms with Crippen LogP contribution in [0.5, 0.6) is 0 Å². The smallest absolute Gasteiger partial charge is 0.0334 e. The van der Waals surface area contributed by atoms with Crippen LogP contribution in [0.4, 0.5) is 0 Å². The largest absolute Gasteiger partial charge is 0.387 e. The highest BCUT2D eigenvalue weighted by Gasteiger charge is 1.92. The fourth-order valence-corrected chi connectivity index (χ4v) is 1.44. The first-order chi connectivity index (χ1) is 5.38. The molecule has 11 heavy (non-hydrogen) atoms. The van der Waals surface area contributed by atoms with Crippen molar-refractivity contribution in [3.8, 4) is 0 Å². The van der Waals surface area contributed by atoms with Crippen LogP contribution in [-0.2, 0) is 0 Å². The maximum Gasteiger partial charge on any atom is 0.0334 e. The first-order valence-corrected chi connectivity index (χ1v) is 3.87. The minimum atomic E-state index is 0.956. The Balaban J connectivity index is 2.88. The Bertz CT molecular complexity index is 376. The van der Waals surface area contributed by atoms with E-state index in [1.54, 1.807) is 0 Å². The van der Waals surface area contributed by atoms with Crippen molar-refractivity contribution in [2.75, 3.05) is 6.54 Å². The van der Waals surface area contributed by atoms with Crippen molar-refractivity contribution in [3.05, 3.63) is 34.2 Å². The second-order valence-corrected chi connectivity index (χ2v) is 2.83. The molecule has 1 aliphatic rings. The van der Waals surface area contributed by atoms with Crippen LogP contribution >= 0.6 is 0 Å². The van der Waals surface area contributed by atoms with E-state index in [4.69, 9.17) is 0 Å². The van der Waals surface area contributed by atoms with Crippen LogP contribution in [0.3, 0.4) is 0 Å². The zero-order valence-corrected chi connectivity index (χ0v) is 6.59. The van der Waals surface area contributed by atoms with Gasteiger partial charge in [-0.1, -0.05) is 24.3 Å². The quantitative estimate of drug-likeness (QED) is 0.546. The van der Waals surface area contributed by atoms with Crippen LogP contribution in [0.15, 0.2) is 18.2 Å². The van der Waals surface area contributed by atoms with Crippen LogP contribution in [-0.4, -0.2) is 6.54 Å². The van der Waals surface area contributed by atoms with E-state index in [-0.39, 0.29) is 0 Å². The van der Waals surface area contributed by atoms with Crippen LogP contribution in [0.1, 0.15) is 5.56 Å². The Morgan fingerprint density at radius 3 is 3.09 bits per heavy atom. The van der Waals surface area contributed by atoms with Gasteiger partial charge < -0.3 is 5.32 Å². The molecule has 0 amide bonds. The zero-order chi connectivity index (χ0) is 7.68. The Kier molecular flexibility index (Phi) is 1.42. The van der Waals surface area contributed by atoms with Gasteiger partial charge in [-0.05, 0) is 22.9 Å². The van der Waals surface area contributed by atoms with Crippen molar-refractivity contribution in [2.45, 2.75) is 6.92 Å². The van der Waals surface area contributed by atoms with E-state index in [0.717, 1.165) is 6.54 Å². The molecule has 0 atom stereocenters. The molecule has 0 unspecified atom stereocenters. The Labute approximate surface area is 66.1 Å². The summed E-state index contributed by atoms with van der Waals surface area (Å²) in [5.41, 5.74) is 1.36. The first-order valence-electron chi connectivity index (χ1n) is 3.87. The Morgan fingerprint density at radius 2 is 2.27 bits per heavy atom. The molecular formula is C10H11N. The molecule has 0 spiro atoms. The fraction of sp³-hybridized carbons (Fsp3) is 0.200. The maximum absolute atomic E-state index is 3.19. The van der Waals surface area contributed by atoms with Gasteiger partial charge >= 0.3 is 0 Å². The molecule has 1 heteroatoms. The molecule has 1 aromatic rings. The molecule has 0 fully saturated rings. The molecule has 56 valence electrons. The average Bonchev–Trinajstić information content (AvgIpc) is 2.06. The third-order valence-corrected chi connectivity index (χ3v) is 2.04. The van der Waals surface area contributed by atoms with Gasteiger partial charge in [0.15, 0.2) is 0 Å². The number of rotatable bonds is 0. The summed E-state index contributed by atoms with van der Waals surface area (Å²) < 4.78 is 0. The van der Waals surface area contributed by atoms with Crippen molar-refractivity contribution in [2.24, 2.45) is 0 Å². The van der Waals surface area contributed by atoms with Gasteiger partial charge in [0.2, 0.25) is 0 Å². The summed E-state index contributed by atoms with van der Waals surface area (Å²) in [5, 5.41) is 5.87. The molecule has 1 aromatic carbocycles. The molecule has 0 bridgehead atoms. The van der Waals surface area contributed by atoms with Gasteiger partial charge in [-0.2, -0.15) is 0 Å². The van der Waals surface area contributed by atoms with Crippen LogP contribution in [0, 0.1) is 6.92 Å². The molecule has 1 aliphatic heterocycles. The molecule has 1 N–H and O–H groups in total. The van der Waals surface area contributed by atoms with Gasteiger partial charge in [-0.25, -0.2) is 0 Å². The van der Waals surface area contributed by atoms with Crippen molar-refractivity contribution >= 4 is 12.3 Å². The topological polar surface area (TPSA) is 12.0 Å². The number of benzene rings is 1. The summed E-state index contributed by atoms with van der Waals surface area (Å²) in [6.07, 6.45) is 4.30. The predicted molar refractivity (Wildman–Crippen MR) is 47.4 cm³/mol. The molecule has 0 saturated carbocycles. The van der Waals surface area contributed by atoms with Gasteiger partial charge in [0.25, 0.3) is 0 Å². The highest BCUT2D eigenvalue weighted by Crippen LogP contribution is 1.85. The number of hydrogen-bond acceptors (Lipinski definition) is 1. The zero-order valence-electron chi connectivity index (χ0n) is 6.59. The minimum Gasteiger partial charge on any atom is -0.387 e. The summed E-state index contributed by atoms with van der Waals surface area (Å²) in [6, 6.07) is 6.37. The van der Waals surface area contributed by atoms with Crippen molar-refractivity contribution in [3.63, 3.8) is 0 Å². The second-order valence-electron chi connectivity index (χ2n) is 2.83. The van der Waals surface area contributed by atoms with E-state index in [1.807, 2.05) is 0 Å². The lowest BCUT2D eigenvalue weighted by atomic mass is 10.1. The van der Waals surface area contributed by atoms with Crippen LogP contribution in [0.25, 0.3) is 12.3 Å². The third kappa shape index (κ3) is 1.03. The Hall–Kier alpha value is -1.24. The molecule has 0 radical (unpaired) electrons.